The van der Waals surface area contributed by atoms with Gasteiger partial charge in [0, 0.05) is 6.07 Å². The number of halogens is 4. The van der Waals surface area contributed by atoms with Crippen molar-refractivity contribution in [3.63, 3.8) is 0 Å². The van der Waals surface area contributed by atoms with Gasteiger partial charge in [-0.25, -0.2) is 13.8 Å². The second-order valence-corrected chi connectivity index (χ2v) is 6.32. The van der Waals surface area contributed by atoms with Gasteiger partial charge in [-0.2, -0.15) is 0 Å². The summed E-state index contributed by atoms with van der Waals surface area (Å²) in [5.41, 5.74) is 8.25. The zero-order valence-electron chi connectivity index (χ0n) is 10.8. The molecule has 21 heavy (non-hydrogen) atoms. The molecule has 0 unspecified atom stereocenters. The maximum atomic E-state index is 13.8. The number of nitrogens with two attached hydrogens (primary N) is 1. The summed E-state index contributed by atoms with van der Waals surface area (Å²) in [6, 6.07) is 5.85. The first-order chi connectivity index (χ1) is 9.88. The van der Waals surface area contributed by atoms with Crippen LogP contribution in [0.4, 0.5) is 14.7 Å². The van der Waals surface area contributed by atoms with Crippen LogP contribution in [0.15, 0.2) is 33.2 Å². The number of benzene rings is 2. The number of hydrogen-bond donors (Lipinski definition) is 1. The highest BCUT2D eigenvalue weighted by Crippen LogP contribution is 2.31. The topological polar surface area (TPSA) is 43.8 Å². The molecule has 2 aromatic carbocycles. The number of fused-ring (bicyclic) bond motifs is 1. The lowest BCUT2D eigenvalue weighted by Crippen LogP contribution is -2.03. The third-order valence-electron chi connectivity index (χ3n) is 3.20. The molecule has 3 rings (SSSR count). The van der Waals surface area contributed by atoms with E-state index in [1.165, 1.54) is 16.7 Å². The van der Waals surface area contributed by atoms with Crippen LogP contribution in [0.1, 0.15) is 5.56 Å². The molecule has 1 heterocycles. The van der Waals surface area contributed by atoms with Gasteiger partial charge < -0.3 is 5.73 Å². The van der Waals surface area contributed by atoms with E-state index < -0.39 is 11.6 Å². The number of nitrogen functional groups attached to an aromatic ring is 1. The molecule has 0 amide bonds. The van der Waals surface area contributed by atoms with Crippen molar-refractivity contribution < 1.29 is 8.78 Å². The van der Waals surface area contributed by atoms with Gasteiger partial charge in [0.05, 0.1) is 25.7 Å². The Morgan fingerprint density at radius 1 is 1.05 bits per heavy atom. The Kier molecular flexibility index (Phi) is 3.49. The van der Waals surface area contributed by atoms with Gasteiger partial charge >= 0.3 is 0 Å². The van der Waals surface area contributed by atoms with Crippen molar-refractivity contribution in [2.75, 3.05) is 5.73 Å². The van der Waals surface area contributed by atoms with Crippen LogP contribution in [0, 0.1) is 18.6 Å². The van der Waals surface area contributed by atoms with Crippen LogP contribution in [-0.4, -0.2) is 9.55 Å². The summed E-state index contributed by atoms with van der Waals surface area (Å²) in [7, 11) is 0. The summed E-state index contributed by atoms with van der Waals surface area (Å²) < 4.78 is 29.8. The van der Waals surface area contributed by atoms with E-state index >= 15 is 0 Å². The van der Waals surface area contributed by atoms with E-state index in [0.29, 0.717) is 25.7 Å². The fourth-order valence-corrected chi connectivity index (χ4v) is 3.01. The van der Waals surface area contributed by atoms with Gasteiger partial charge in [-0.05, 0) is 62.5 Å². The molecule has 0 bridgehead atoms. The Morgan fingerprint density at radius 3 is 2.38 bits per heavy atom. The first-order valence-electron chi connectivity index (χ1n) is 5.97. The summed E-state index contributed by atoms with van der Waals surface area (Å²) >= 11 is 6.25. The third kappa shape index (κ3) is 2.34. The van der Waals surface area contributed by atoms with E-state index in [9.17, 15) is 8.78 Å². The van der Waals surface area contributed by atoms with E-state index in [1.54, 1.807) is 12.1 Å². The van der Waals surface area contributed by atoms with Crippen molar-refractivity contribution in [3.8, 4) is 5.69 Å². The summed E-state index contributed by atoms with van der Waals surface area (Å²) in [4.78, 5) is 4.19. The lowest BCUT2D eigenvalue weighted by Gasteiger charge is -2.11. The molecule has 0 fully saturated rings. The average Bonchev–Trinajstić information content (AvgIpc) is 2.70. The van der Waals surface area contributed by atoms with Gasteiger partial charge in [0.2, 0.25) is 5.95 Å². The summed E-state index contributed by atoms with van der Waals surface area (Å²) in [5.74, 6) is -0.680. The first-order valence-corrected chi connectivity index (χ1v) is 7.56. The van der Waals surface area contributed by atoms with E-state index in [4.69, 9.17) is 5.73 Å². The predicted octanol–water partition coefficient (Wildman–Crippen LogP) is 4.72. The second kappa shape index (κ2) is 5.06. The Morgan fingerprint density at radius 2 is 1.67 bits per heavy atom. The summed E-state index contributed by atoms with van der Waals surface area (Å²) in [5, 5.41) is 0. The molecule has 108 valence electrons. The third-order valence-corrected chi connectivity index (χ3v) is 4.42. The minimum atomic E-state index is -0.432. The average molecular weight is 417 g/mol. The van der Waals surface area contributed by atoms with Crippen molar-refractivity contribution in [2.45, 2.75) is 6.92 Å². The van der Waals surface area contributed by atoms with E-state index in [0.717, 1.165) is 5.56 Å². The Balaban J connectivity index is 2.37. The lowest BCUT2D eigenvalue weighted by molar-refractivity contribution is 0.619. The molecule has 3 nitrogen and oxygen atoms in total. The van der Waals surface area contributed by atoms with Gasteiger partial charge in [-0.1, -0.05) is 0 Å². The van der Waals surface area contributed by atoms with Crippen molar-refractivity contribution in [1.29, 1.82) is 0 Å². The smallest absolute Gasteiger partial charge is 0.205 e. The van der Waals surface area contributed by atoms with Crippen LogP contribution >= 0.6 is 31.9 Å². The molecule has 0 aliphatic rings. The number of anilines is 1. The SMILES string of the molecule is Cc1cc(Br)c(F)cc1-n1c(N)nc2cc(Br)c(F)cc21. The zero-order valence-corrected chi connectivity index (χ0v) is 14.0. The van der Waals surface area contributed by atoms with Gasteiger partial charge in [-0.15, -0.1) is 0 Å². The number of rotatable bonds is 1. The molecule has 3 aromatic rings. The van der Waals surface area contributed by atoms with E-state index in [1.807, 2.05) is 6.92 Å². The fraction of sp³-hybridized carbons (Fsp3) is 0.0714. The molecule has 0 saturated heterocycles. The highest BCUT2D eigenvalue weighted by molar-refractivity contribution is 9.10. The van der Waals surface area contributed by atoms with Crippen LogP contribution in [0.5, 0.6) is 0 Å². The number of aromatic nitrogens is 2. The fourth-order valence-electron chi connectivity index (χ4n) is 2.22. The molecule has 0 saturated carbocycles. The number of imidazole rings is 1. The molecule has 1 aromatic heterocycles. The first kappa shape index (κ1) is 14.5. The van der Waals surface area contributed by atoms with E-state index in [2.05, 4.69) is 36.8 Å². The maximum Gasteiger partial charge on any atom is 0.205 e. The number of aryl methyl sites for hydroxylation is 1. The van der Waals surface area contributed by atoms with Crippen molar-refractivity contribution in [2.24, 2.45) is 0 Å². The molecule has 0 atom stereocenters. The molecule has 2 N–H and O–H groups in total. The van der Waals surface area contributed by atoms with Crippen LogP contribution in [0.25, 0.3) is 16.7 Å². The minimum Gasteiger partial charge on any atom is -0.369 e. The largest absolute Gasteiger partial charge is 0.369 e. The molecule has 0 aliphatic carbocycles. The van der Waals surface area contributed by atoms with Gasteiger partial charge in [0.25, 0.3) is 0 Å². The van der Waals surface area contributed by atoms with Crippen LogP contribution in [-0.2, 0) is 0 Å². The van der Waals surface area contributed by atoms with Gasteiger partial charge in [0.15, 0.2) is 0 Å². The van der Waals surface area contributed by atoms with Crippen LogP contribution in [0.2, 0.25) is 0 Å². The second-order valence-electron chi connectivity index (χ2n) is 4.61. The van der Waals surface area contributed by atoms with Crippen molar-refractivity contribution >= 4 is 48.8 Å². The van der Waals surface area contributed by atoms with Crippen molar-refractivity contribution in [1.82, 2.24) is 9.55 Å². The van der Waals surface area contributed by atoms with Gasteiger partial charge in [0.1, 0.15) is 11.6 Å². The molecule has 0 aliphatic heterocycles. The molecule has 0 spiro atoms. The van der Waals surface area contributed by atoms with Crippen LogP contribution < -0.4 is 5.73 Å². The van der Waals surface area contributed by atoms with Crippen molar-refractivity contribution in [3.05, 3.63) is 50.4 Å². The normalized spacial score (nSPS) is 11.3. The Labute approximate surface area is 136 Å². The monoisotopic (exact) mass is 415 g/mol. The highest BCUT2D eigenvalue weighted by atomic mass is 79.9. The molecular weight excluding hydrogens is 408 g/mol. The predicted molar refractivity (Wildman–Crippen MR) is 85.5 cm³/mol. The number of hydrogen-bond acceptors (Lipinski definition) is 2. The van der Waals surface area contributed by atoms with Gasteiger partial charge in [-0.3, -0.25) is 4.57 Å². The minimum absolute atomic E-state index is 0.173. The highest BCUT2D eigenvalue weighted by Gasteiger charge is 2.16. The maximum absolute atomic E-state index is 13.8. The Hall–Kier alpha value is -1.47. The molecule has 7 heteroatoms. The number of nitrogens with zero attached hydrogens (tertiary/aromatic N) is 2. The van der Waals surface area contributed by atoms with E-state index in [-0.39, 0.29) is 5.95 Å². The zero-order chi connectivity index (χ0) is 15.3. The summed E-state index contributed by atoms with van der Waals surface area (Å²) in [6.45, 7) is 1.82. The lowest BCUT2D eigenvalue weighted by atomic mass is 10.2. The standard InChI is InChI=1S/C14H9Br2F2N3/c1-6-2-7(15)9(17)4-12(6)21-13-5-10(18)8(16)3-11(13)20-14(21)19/h2-5H,1H3,(H2,19,20). The Bertz CT molecular complexity index is 875. The van der Waals surface area contributed by atoms with Crippen LogP contribution in [0.3, 0.4) is 0 Å². The molecule has 0 radical (unpaired) electrons. The molecular formula is C14H9Br2F2N3. The quantitative estimate of drug-likeness (QED) is 0.623. The summed E-state index contributed by atoms with van der Waals surface area (Å²) in [6.07, 6.45) is 0.